The molecule has 2 aliphatic heterocycles. The van der Waals surface area contributed by atoms with Crippen molar-refractivity contribution in [3.63, 3.8) is 0 Å². The van der Waals surface area contributed by atoms with E-state index in [-0.39, 0.29) is 17.5 Å². The van der Waals surface area contributed by atoms with Crippen LogP contribution in [0.3, 0.4) is 0 Å². The van der Waals surface area contributed by atoms with Crippen molar-refractivity contribution in [1.82, 2.24) is 9.55 Å². The molecule has 3 heterocycles. The summed E-state index contributed by atoms with van der Waals surface area (Å²) >= 11 is 0. The van der Waals surface area contributed by atoms with Gasteiger partial charge in [-0.05, 0) is 61.5 Å². The van der Waals surface area contributed by atoms with E-state index in [1.807, 2.05) is 0 Å². The molecule has 2 aromatic rings. The third-order valence-corrected chi connectivity index (χ3v) is 8.00. The van der Waals surface area contributed by atoms with Crippen LogP contribution in [0.1, 0.15) is 61.6 Å². The van der Waals surface area contributed by atoms with Crippen LogP contribution in [-0.4, -0.2) is 65.7 Å². The average Bonchev–Trinajstić information content (AvgIpc) is 3.27. The highest BCUT2D eigenvalue weighted by molar-refractivity contribution is 7.48. The lowest BCUT2D eigenvalue weighted by Crippen LogP contribution is -2.38. The average molecular weight is 587 g/mol. The number of benzene rings is 1. The van der Waals surface area contributed by atoms with Crippen molar-refractivity contribution in [1.29, 1.82) is 0 Å². The van der Waals surface area contributed by atoms with Crippen molar-refractivity contribution >= 4 is 18.7 Å². The number of aromatic amines is 1. The van der Waals surface area contributed by atoms with E-state index in [0.29, 0.717) is 11.5 Å². The van der Waals surface area contributed by atoms with E-state index in [0.717, 1.165) is 0 Å². The van der Waals surface area contributed by atoms with E-state index >= 15 is 0 Å². The van der Waals surface area contributed by atoms with E-state index in [1.165, 1.54) is 30.9 Å². The molecule has 2 fully saturated rings. The molecule has 224 valence electrons. The quantitative estimate of drug-likeness (QED) is 0.450. The minimum Gasteiger partial charge on any atom is -0.493 e. The van der Waals surface area contributed by atoms with Crippen LogP contribution in [0.25, 0.3) is 10.9 Å². The summed E-state index contributed by atoms with van der Waals surface area (Å²) in [5.41, 5.74) is -2.75. The SMILES string of the molecule is COc1cc2c(=O)[nH]c(=O)n([C@@H]3O[C@H](COP(=O)(OC(C)(C)C)OC(C)(C)C)[C@H]4OC(C)(C)O[C@H]43)c2cc1OC. The fraction of sp³-hybridized carbons (Fsp3) is 0.692. The van der Waals surface area contributed by atoms with Crippen molar-refractivity contribution in [3.8, 4) is 11.5 Å². The Bertz CT molecular complexity index is 1400. The van der Waals surface area contributed by atoms with Crippen LogP contribution in [0.15, 0.2) is 21.7 Å². The van der Waals surface area contributed by atoms with Gasteiger partial charge < -0.3 is 23.7 Å². The summed E-state index contributed by atoms with van der Waals surface area (Å²) in [7, 11) is -1.18. The van der Waals surface area contributed by atoms with Gasteiger partial charge in [0, 0.05) is 6.07 Å². The number of phosphoric ester groups is 1. The highest BCUT2D eigenvalue weighted by atomic mass is 31.2. The van der Waals surface area contributed by atoms with Crippen LogP contribution in [0.4, 0.5) is 0 Å². The lowest BCUT2D eigenvalue weighted by atomic mass is 10.1. The first-order valence-corrected chi connectivity index (χ1v) is 14.4. The maximum Gasteiger partial charge on any atom is 0.475 e. The molecule has 40 heavy (non-hydrogen) atoms. The second-order valence-corrected chi connectivity index (χ2v) is 13.7. The largest absolute Gasteiger partial charge is 0.493 e. The Morgan fingerprint density at radius 1 is 0.950 bits per heavy atom. The molecule has 0 radical (unpaired) electrons. The first-order valence-electron chi connectivity index (χ1n) is 12.9. The highest BCUT2D eigenvalue weighted by Gasteiger charge is 2.57. The monoisotopic (exact) mass is 586 g/mol. The first-order chi connectivity index (χ1) is 18.4. The van der Waals surface area contributed by atoms with Gasteiger partial charge in [0.2, 0.25) is 0 Å². The molecule has 1 N–H and O–H groups in total. The number of phosphoric acid groups is 1. The zero-order chi connectivity index (χ0) is 29.8. The lowest BCUT2D eigenvalue weighted by Gasteiger charge is -2.32. The van der Waals surface area contributed by atoms with Crippen LogP contribution >= 0.6 is 7.82 Å². The van der Waals surface area contributed by atoms with Crippen molar-refractivity contribution in [3.05, 3.63) is 33.0 Å². The third-order valence-electron chi connectivity index (χ3n) is 5.99. The highest BCUT2D eigenvalue weighted by Crippen LogP contribution is 2.56. The van der Waals surface area contributed by atoms with E-state index < -0.39 is 60.6 Å². The molecule has 14 heteroatoms. The summed E-state index contributed by atoms with van der Waals surface area (Å²) in [5, 5.41) is 0.178. The van der Waals surface area contributed by atoms with Gasteiger partial charge in [0.1, 0.15) is 18.3 Å². The summed E-state index contributed by atoms with van der Waals surface area (Å²) in [6, 6.07) is 3.01. The Morgan fingerprint density at radius 2 is 1.50 bits per heavy atom. The minimum atomic E-state index is -4.07. The number of nitrogens with one attached hydrogen (secondary N) is 1. The molecule has 1 aromatic heterocycles. The second-order valence-electron chi connectivity index (χ2n) is 12.1. The lowest BCUT2D eigenvalue weighted by molar-refractivity contribution is -0.200. The standard InChI is InChI=1S/C26H39N2O11P/c1-24(2,3)38-40(31,39-25(4,5)6)34-13-18-19-20(37-26(7,8)36-19)22(35-18)28-15-12-17(33-10)16(32-9)11-14(15)21(29)27-23(28)30/h11-12,18-20,22H,13H2,1-10H3,(H,27,29,30)/t18-,19-,20-,22-/m1/s1. The summed E-state index contributed by atoms with van der Waals surface area (Å²) in [6.45, 7) is 13.6. The smallest absolute Gasteiger partial charge is 0.475 e. The summed E-state index contributed by atoms with van der Waals surface area (Å²) in [6.07, 6.45) is -3.38. The zero-order valence-electron chi connectivity index (χ0n) is 24.6. The molecule has 2 aliphatic rings. The molecule has 0 amide bonds. The van der Waals surface area contributed by atoms with Crippen LogP contribution < -0.4 is 20.7 Å². The number of hydrogen-bond donors (Lipinski definition) is 1. The van der Waals surface area contributed by atoms with Gasteiger partial charge in [0.05, 0.1) is 42.9 Å². The van der Waals surface area contributed by atoms with Gasteiger partial charge in [0.25, 0.3) is 5.56 Å². The molecule has 0 spiro atoms. The Labute approximate surface area is 232 Å². The molecule has 0 bridgehead atoms. The molecule has 0 aliphatic carbocycles. The zero-order valence-corrected chi connectivity index (χ0v) is 25.5. The van der Waals surface area contributed by atoms with Gasteiger partial charge in [-0.2, -0.15) is 0 Å². The third kappa shape index (κ3) is 6.46. The van der Waals surface area contributed by atoms with Crippen molar-refractivity contribution in [2.24, 2.45) is 0 Å². The van der Waals surface area contributed by atoms with Crippen LogP contribution in [0, 0.1) is 0 Å². The maximum absolute atomic E-state index is 13.7. The summed E-state index contributed by atoms with van der Waals surface area (Å²) < 4.78 is 61.5. The Morgan fingerprint density at radius 3 is 2.05 bits per heavy atom. The molecule has 4 rings (SSSR count). The maximum atomic E-state index is 13.7. The van der Waals surface area contributed by atoms with Gasteiger partial charge >= 0.3 is 13.5 Å². The summed E-state index contributed by atoms with van der Waals surface area (Å²) in [4.78, 5) is 28.3. The fourth-order valence-corrected chi connectivity index (χ4v) is 6.56. The van der Waals surface area contributed by atoms with Crippen molar-refractivity contribution in [2.75, 3.05) is 20.8 Å². The van der Waals surface area contributed by atoms with Crippen molar-refractivity contribution < 1.29 is 41.8 Å². The minimum absolute atomic E-state index is 0.178. The molecule has 1 aromatic carbocycles. The first kappa shape index (κ1) is 30.7. The number of H-pyrrole nitrogens is 1. The number of hydrogen-bond acceptors (Lipinski definition) is 11. The van der Waals surface area contributed by atoms with E-state index in [9.17, 15) is 14.2 Å². The molecule has 4 atom stereocenters. The number of methoxy groups -OCH3 is 2. The Kier molecular flexibility index (Phi) is 8.09. The topological polar surface area (TPSA) is 146 Å². The molecule has 2 saturated heterocycles. The van der Waals surface area contributed by atoms with Gasteiger partial charge in [-0.25, -0.2) is 9.36 Å². The molecule has 0 saturated carbocycles. The second kappa shape index (κ2) is 10.5. The van der Waals surface area contributed by atoms with Gasteiger partial charge in [-0.15, -0.1) is 0 Å². The predicted octanol–water partition coefficient (Wildman–Crippen LogP) is 3.88. The molecular formula is C26H39N2O11P. The summed E-state index contributed by atoms with van der Waals surface area (Å²) in [5.74, 6) is -0.394. The molecule has 13 nitrogen and oxygen atoms in total. The van der Waals surface area contributed by atoms with Gasteiger partial charge in [-0.3, -0.25) is 27.9 Å². The Hall–Kier alpha value is -2.25. The van der Waals surface area contributed by atoms with Gasteiger partial charge in [0.15, 0.2) is 23.5 Å². The number of fused-ring (bicyclic) bond motifs is 2. The molecule has 0 unspecified atom stereocenters. The number of nitrogens with zero attached hydrogens (tertiary/aromatic N) is 1. The van der Waals surface area contributed by atoms with Crippen LogP contribution in [0.5, 0.6) is 11.5 Å². The predicted molar refractivity (Wildman–Crippen MR) is 145 cm³/mol. The van der Waals surface area contributed by atoms with Gasteiger partial charge in [-0.1, -0.05) is 0 Å². The number of rotatable bonds is 8. The molecular weight excluding hydrogens is 547 g/mol. The van der Waals surface area contributed by atoms with Crippen molar-refractivity contribution in [2.45, 2.75) is 96.9 Å². The number of aromatic nitrogens is 2. The Balaban J connectivity index is 1.74. The van der Waals surface area contributed by atoms with Crippen LogP contribution in [0.2, 0.25) is 0 Å². The van der Waals surface area contributed by atoms with Crippen LogP contribution in [-0.2, 0) is 32.3 Å². The van der Waals surface area contributed by atoms with E-state index in [4.69, 9.17) is 37.3 Å². The van der Waals surface area contributed by atoms with E-state index in [1.54, 1.807) is 55.4 Å². The normalized spacial score (nSPS) is 24.9. The fourth-order valence-electron chi connectivity index (χ4n) is 4.74. The van der Waals surface area contributed by atoms with E-state index in [2.05, 4.69) is 4.98 Å². The number of ether oxygens (including phenoxy) is 5.